The zero-order chi connectivity index (χ0) is 18.1. The number of hydrogen-bond donors (Lipinski definition) is 2. The third-order valence-electron chi connectivity index (χ3n) is 3.41. The Labute approximate surface area is 152 Å². The lowest BCUT2D eigenvalue weighted by Crippen LogP contribution is -2.28. The normalized spacial score (nSPS) is 11.2. The molecule has 1 aromatic heterocycles. The summed E-state index contributed by atoms with van der Waals surface area (Å²) in [4.78, 5) is 15.7. The fraction of sp³-hybridized carbons (Fsp3) is 0.294. The highest BCUT2D eigenvalue weighted by Crippen LogP contribution is 2.11. The number of nitrogens with zero attached hydrogens (tertiary/aromatic N) is 1. The van der Waals surface area contributed by atoms with Crippen LogP contribution < -0.4 is 10.0 Å². The van der Waals surface area contributed by atoms with Crippen molar-refractivity contribution in [3.05, 3.63) is 64.9 Å². The molecule has 1 heterocycles. The molecular formula is C17H20ClN3O3S. The van der Waals surface area contributed by atoms with Crippen LogP contribution >= 0.6 is 11.6 Å². The molecule has 0 atom stereocenters. The van der Waals surface area contributed by atoms with E-state index >= 15 is 0 Å². The first-order valence-electron chi connectivity index (χ1n) is 7.82. The Morgan fingerprint density at radius 2 is 1.72 bits per heavy atom. The van der Waals surface area contributed by atoms with Crippen LogP contribution in [0, 0.1) is 0 Å². The number of aromatic nitrogens is 1. The van der Waals surface area contributed by atoms with Crippen LogP contribution in [0.1, 0.15) is 24.0 Å². The van der Waals surface area contributed by atoms with Gasteiger partial charge in [0, 0.05) is 36.9 Å². The Bertz CT molecular complexity index is 781. The maximum absolute atomic E-state index is 12.0. The standard InChI is InChI=1S/C17H20ClN3O3S/c18-16-5-3-15(4-6-16)13-25(23,24)21-9-1-2-17(22)20-12-14-7-10-19-11-8-14/h3-8,10-11,21H,1-2,9,12-13H2,(H,20,22). The molecule has 0 spiro atoms. The molecule has 134 valence electrons. The maximum Gasteiger partial charge on any atom is 0.220 e. The summed E-state index contributed by atoms with van der Waals surface area (Å²) in [5, 5.41) is 3.35. The molecule has 2 N–H and O–H groups in total. The van der Waals surface area contributed by atoms with E-state index in [2.05, 4.69) is 15.0 Å². The van der Waals surface area contributed by atoms with Crippen LogP contribution in [0.5, 0.6) is 0 Å². The summed E-state index contributed by atoms with van der Waals surface area (Å²) in [5.74, 6) is -0.230. The minimum Gasteiger partial charge on any atom is -0.352 e. The minimum atomic E-state index is -3.43. The molecule has 0 bridgehead atoms. The second-order valence-electron chi connectivity index (χ2n) is 5.52. The van der Waals surface area contributed by atoms with Crippen molar-refractivity contribution >= 4 is 27.5 Å². The Balaban J connectivity index is 1.65. The van der Waals surface area contributed by atoms with E-state index < -0.39 is 10.0 Å². The lowest BCUT2D eigenvalue weighted by Gasteiger charge is -2.08. The highest BCUT2D eigenvalue weighted by atomic mass is 35.5. The van der Waals surface area contributed by atoms with Gasteiger partial charge in [0.15, 0.2) is 0 Å². The summed E-state index contributed by atoms with van der Waals surface area (Å²) in [7, 11) is -3.43. The van der Waals surface area contributed by atoms with E-state index in [4.69, 9.17) is 11.6 Å². The summed E-state index contributed by atoms with van der Waals surface area (Å²) in [6.07, 6.45) is 4.02. The van der Waals surface area contributed by atoms with E-state index in [-0.39, 0.29) is 24.6 Å². The number of carbonyl (C=O) groups is 1. The lowest BCUT2D eigenvalue weighted by molar-refractivity contribution is -0.121. The van der Waals surface area contributed by atoms with Gasteiger partial charge in [-0.15, -0.1) is 0 Å². The average Bonchev–Trinajstić information content (AvgIpc) is 2.60. The third kappa shape index (κ3) is 7.64. The number of sulfonamides is 1. The van der Waals surface area contributed by atoms with Crippen molar-refractivity contribution < 1.29 is 13.2 Å². The van der Waals surface area contributed by atoms with Crippen LogP contribution in [0.3, 0.4) is 0 Å². The molecule has 0 aliphatic carbocycles. The summed E-state index contributed by atoms with van der Waals surface area (Å²) in [6.45, 7) is 0.655. The van der Waals surface area contributed by atoms with Gasteiger partial charge in [-0.2, -0.15) is 0 Å². The predicted molar refractivity (Wildman–Crippen MR) is 97.4 cm³/mol. The van der Waals surface area contributed by atoms with Gasteiger partial charge in [0.05, 0.1) is 5.75 Å². The van der Waals surface area contributed by atoms with Gasteiger partial charge < -0.3 is 5.32 Å². The van der Waals surface area contributed by atoms with E-state index in [1.165, 1.54) is 0 Å². The van der Waals surface area contributed by atoms with Crippen LogP contribution in [0.2, 0.25) is 5.02 Å². The SMILES string of the molecule is O=C(CCCNS(=O)(=O)Cc1ccc(Cl)cc1)NCc1ccncc1. The van der Waals surface area contributed by atoms with E-state index in [9.17, 15) is 13.2 Å². The average molecular weight is 382 g/mol. The lowest BCUT2D eigenvalue weighted by atomic mass is 10.2. The van der Waals surface area contributed by atoms with Crippen molar-refractivity contribution in [3.63, 3.8) is 0 Å². The second-order valence-corrected chi connectivity index (χ2v) is 7.76. The molecular weight excluding hydrogens is 362 g/mol. The number of pyridine rings is 1. The zero-order valence-electron chi connectivity index (χ0n) is 13.6. The highest BCUT2D eigenvalue weighted by Gasteiger charge is 2.11. The Kier molecular flexibility index (Phi) is 7.36. The van der Waals surface area contributed by atoms with Gasteiger partial charge in [-0.05, 0) is 41.8 Å². The molecule has 8 heteroatoms. The fourth-order valence-electron chi connectivity index (χ4n) is 2.12. The molecule has 2 rings (SSSR count). The molecule has 0 fully saturated rings. The summed E-state index contributed by atoms with van der Waals surface area (Å²) < 4.78 is 26.5. The Morgan fingerprint density at radius 3 is 2.40 bits per heavy atom. The number of halogens is 1. The van der Waals surface area contributed by atoms with Gasteiger partial charge >= 0.3 is 0 Å². The Hall–Kier alpha value is -1.96. The molecule has 1 aromatic carbocycles. The van der Waals surface area contributed by atoms with Crippen molar-refractivity contribution in [2.45, 2.75) is 25.1 Å². The fourth-order valence-corrected chi connectivity index (χ4v) is 3.43. The molecule has 6 nitrogen and oxygen atoms in total. The number of rotatable bonds is 9. The number of benzene rings is 1. The monoisotopic (exact) mass is 381 g/mol. The quantitative estimate of drug-likeness (QED) is 0.652. The molecule has 1 amide bonds. The van der Waals surface area contributed by atoms with Gasteiger partial charge in [0.25, 0.3) is 0 Å². The van der Waals surface area contributed by atoms with Crippen LogP contribution in [-0.4, -0.2) is 25.9 Å². The van der Waals surface area contributed by atoms with Gasteiger partial charge in [0.2, 0.25) is 15.9 Å². The summed E-state index contributed by atoms with van der Waals surface area (Å²) in [5.41, 5.74) is 1.62. The highest BCUT2D eigenvalue weighted by molar-refractivity contribution is 7.88. The van der Waals surface area contributed by atoms with Gasteiger partial charge in [-0.1, -0.05) is 23.7 Å². The van der Waals surface area contributed by atoms with E-state index in [1.807, 2.05) is 12.1 Å². The molecule has 0 saturated carbocycles. The maximum atomic E-state index is 12.0. The number of carbonyl (C=O) groups excluding carboxylic acids is 1. The van der Waals surface area contributed by atoms with Crippen LogP contribution in [0.4, 0.5) is 0 Å². The van der Waals surface area contributed by atoms with Crippen molar-refractivity contribution in [1.82, 2.24) is 15.0 Å². The molecule has 25 heavy (non-hydrogen) atoms. The van der Waals surface area contributed by atoms with Gasteiger partial charge in [0.1, 0.15) is 0 Å². The number of nitrogens with one attached hydrogen (secondary N) is 2. The summed E-state index contributed by atoms with van der Waals surface area (Å²) in [6, 6.07) is 10.3. The topological polar surface area (TPSA) is 88.2 Å². The predicted octanol–water partition coefficient (Wildman–Crippen LogP) is 2.25. The van der Waals surface area contributed by atoms with Crippen molar-refractivity contribution in [1.29, 1.82) is 0 Å². The first kappa shape index (κ1) is 19.4. The van der Waals surface area contributed by atoms with E-state index in [0.29, 0.717) is 23.6 Å². The molecule has 0 aliphatic rings. The van der Waals surface area contributed by atoms with Crippen LogP contribution in [0.25, 0.3) is 0 Å². The third-order valence-corrected chi connectivity index (χ3v) is 5.02. The molecule has 0 saturated heterocycles. The van der Waals surface area contributed by atoms with E-state index in [0.717, 1.165) is 5.56 Å². The first-order valence-corrected chi connectivity index (χ1v) is 9.85. The minimum absolute atomic E-state index is 0.113. The largest absolute Gasteiger partial charge is 0.352 e. The first-order chi connectivity index (χ1) is 11.9. The molecule has 2 aromatic rings. The smallest absolute Gasteiger partial charge is 0.220 e. The second kappa shape index (κ2) is 9.50. The summed E-state index contributed by atoms with van der Waals surface area (Å²) >= 11 is 5.77. The number of amides is 1. The zero-order valence-corrected chi connectivity index (χ0v) is 15.2. The van der Waals surface area contributed by atoms with Crippen molar-refractivity contribution in [3.8, 4) is 0 Å². The van der Waals surface area contributed by atoms with Crippen molar-refractivity contribution in [2.75, 3.05) is 6.54 Å². The Morgan fingerprint density at radius 1 is 1.04 bits per heavy atom. The van der Waals surface area contributed by atoms with Crippen molar-refractivity contribution in [2.24, 2.45) is 0 Å². The van der Waals surface area contributed by atoms with E-state index in [1.54, 1.807) is 36.7 Å². The van der Waals surface area contributed by atoms with Crippen LogP contribution in [-0.2, 0) is 27.1 Å². The van der Waals surface area contributed by atoms with Crippen LogP contribution in [0.15, 0.2) is 48.8 Å². The number of hydrogen-bond acceptors (Lipinski definition) is 4. The van der Waals surface area contributed by atoms with Gasteiger partial charge in [-0.3, -0.25) is 9.78 Å². The molecule has 0 unspecified atom stereocenters. The van der Waals surface area contributed by atoms with Gasteiger partial charge in [-0.25, -0.2) is 13.1 Å². The molecule has 0 aliphatic heterocycles. The molecule has 0 radical (unpaired) electrons.